The van der Waals surface area contributed by atoms with Gasteiger partial charge in [-0.2, -0.15) is 0 Å². The van der Waals surface area contributed by atoms with Gasteiger partial charge in [0.2, 0.25) is 0 Å². The fraction of sp³-hybridized carbons (Fsp3) is 0.692. The minimum atomic E-state index is -0.773. The van der Waals surface area contributed by atoms with Gasteiger partial charge in [0, 0.05) is 30.0 Å². The predicted octanol–water partition coefficient (Wildman–Crippen LogP) is 0.929. The van der Waals surface area contributed by atoms with E-state index in [2.05, 4.69) is 21.9 Å². The van der Waals surface area contributed by atoms with Crippen molar-refractivity contribution in [1.82, 2.24) is 14.9 Å². The van der Waals surface area contributed by atoms with Gasteiger partial charge in [0.15, 0.2) is 0 Å². The third-order valence-corrected chi connectivity index (χ3v) is 4.48. The van der Waals surface area contributed by atoms with E-state index in [1.807, 2.05) is 0 Å². The molecule has 3 heterocycles. The summed E-state index contributed by atoms with van der Waals surface area (Å²) in [6, 6.07) is 1.31. The predicted molar refractivity (Wildman–Crippen MR) is 66.3 cm³/mol. The Morgan fingerprint density at radius 1 is 1.28 bits per heavy atom. The van der Waals surface area contributed by atoms with E-state index in [0.29, 0.717) is 18.1 Å². The quantitative estimate of drug-likeness (QED) is 0.845. The molecule has 2 aliphatic rings. The van der Waals surface area contributed by atoms with Crippen LogP contribution in [-0.2, 0) is 5.60 Å². The molecular formula is C13H19N3O2. The van der Waals surface area contributed by atoms with Crippen molar-refractivity contribution in [2.24, 2.45) is 0 Å². The number of hydrogen-bond acceptors (Lipinski definition) is 5. The summed E-state index contributed by atoms with van der Waals surface area (Å²) in [6.45, 7) is 0. The molecule has 0 amide bonds. The van der Waals surface area contributed by atoms with Crippen LogP contribution in [0.5, 0.6) is 6.01 Å². The zero-order valence-electron chi connectivity index (χ0n) is 10.8. The molecule has 1 aromatic heterocycles. The number of fused-ring (bicyclic) bond motifs is 2. The van der Waals surface area contributed by atoms with Gasteiger partial charge in [-0.15, -0.1) is 0 Å². The third kappa shape index (κ3) is 1.78. The molecule has 0 spiro atoms. The lowest BCUT2D eigenvalue weighted by molar-refractivity contribution is -0.0498. The highest BCUT2D eigenvalue weighted by Crippen LogP contribution is 2.44. The number of methoxy groups -OCH3 is 1. The summed E-state index contributed by atoms with van der Waals surface area (Å²) in [5.74, 6) is 0. The average molecular weight is 249 g/mol. The first-order valence-electron chi connectivity index (χ1n) is 6.43. The van der Waals surface area contributed by atoms with Gasteiger partial charge in [0.1, 0.15) is 0 Å². The molecule has 0 aliphatic carbocycles. The van der Waals surface area contributed by atoms with Crippen molar-refractivity contribution in [2.75, 3.05) is 14.2 Å². The number of hydrogen-bond donors (Lipinski definition) is 1. The van der Waals surface area contributed by atoms with Crippen molar-refractivity contribution in [2.45, 2.75) is 43.4 Å². The van der Waals surface area contributed by atoms with Gasteiger partial charge >= 0.3 is 6.01 Å². The molecule has 18 heavy (non-hydrogen) atoms. The molecule has 3 rings (SSSR count). The largest absolute Gasteiger partial charge is 0.467 e. The van der Waals surface area contributed by atoms with Crippen LogP contribution in [0, 0.1) is 0 Å². The van der Waals surface area contributed by atoms with Crippen molar-refractivity contribution in [3.8, 4) is 6.01 Å². The highest BCUT2D eigenvalue weighted by Gasteiger charge is 2.47. The number of aromatic nitrogens is 2. The van der Waals surface area contributed by atoms with Crippen LogP contribution in [0.3, 0.4) is 0 Å². The molecule has 2 bridgehead atoms. The monoisotopic (exact) mass is 249 g/mol. The molecule has 0 saturated carbocycles. The smallest absolute Gasteiger partial charge is 0.316 e. The number of aliphatic hydroxyl groups is 1. The van der Waals surface area contributed by atoms with E-state index in [1.54, 1.807) is 19.5 Å². The van der Waals surface area contributed by atoms with Gasteiger partial charge in [0.25, 0.3) is 0 Å². The van der Waals surface area contributed by atoms with Crippen molar-refractivity contribution in [1.29, 1.82) is 0 Å². The fourth-order valence-electron chi connectivity index (χ4n) is 3.34. The molecule has 2 unspecified atom stereocenters. The Kier molecular flexibility index (Phi) is 2.75. The second kappa shape index (κ2) is 4.17. The van der Waals surface area contributed by atoms with E-state index in [9.17, 15) is 5.11 Å². The first kappa shape index (κ1) is 11.9. The Morgan fingerprint density at radius 2 is 1.83 bits per heavy atom. The highest BCUT2D eigenvalue weighted by molar-refractivity contribution is 5.20. The Hall–Kier alpha value is -1.20. The maximum absolute atomic E-state index is 10.9. The fourth-order valence-corrected chi connectivity index (χ4v) is 3.34. The summed E-state index contributed by atoms with van der Waals surface area (Å²) in [7, 11) is 3.70. The molecule has 0 radical (unpaired) electrons. The number of nitrogens with zero attached hydrogens (tertiary/aromatic N) is 3. The van der Waals surface area contributed by atoms with E-state index in [0.717, 1.165) is 18.4 Å². The summed E-state index contributed by atoms with van der Waals surface area (Å²) in [5, 5.41) is 10.9. The normalized spacial score (nSPS) is 35.7. The van der Waals surface area contributed by atoms with E-state index in [1.165, 1.54) is 12.8 Å². The van der Waals surface area contributed by atoms with Crippen LogP contribution in [0.2, 0.25) is 0 Å². The summed E-state index contributed by atoms with van der Waals surface area (Å²) < 4.78 is 4.95. The lowest BCUT2D eigenvalue weighted by atomic mass is 9.82. The maximum atomic E-state index is 10.9. The van der Waals surface area contributed by atoms with Gasteiger partial charge < -0.3 is 14.7 Å². The zero-order chi connectivity index (χ0) is 12.8. The zero-order valence-corrected chi connectivity index (χ0v) is 10.8. The Bertz CT molecular complexity index is 420. The third-order valence-electron chi connectivity index (χ3n) is 4.48. The van der Waals surface area contributed by atoms with Crippen LogP contribution in [0.1, 0.15) is 31.2 Å². The van der Waals surface area contributed by atoms with Crippen LogP contribution in [0.15, 0.2) is 12.4 Å². The van der Waals surface area contributed by atoms with Crippen LogP contribution in [-0.4, -0.2) is 46.2 Å². The molecule has 5 nitrogen and oxygen atoms in total. The minimum absolute atomic E-state index is 0.346. The number of piperidine rings is 1. The molecule has 1 aromatic rings. The van der Waals surface area contributed by atoms with Crippen molar-refractivity contribution >= 4 is 0 Å². The second-order valence-corrected chi connectivity index (χ2v) is 5.45. The summed E-state index contributed by atoms with van der Waals surface area (Å²) in [5.41, 5.74) is 0.0400. The Labute approximate surface area is 107 Å². The van der Waals surface area contributed by atoms with Gasteiger partial charge in [-0.1, -0.05) is 0 Å². The van der Waals surface area contributed by atoms with E-state index < -0.39 is 5.60 Å². The SMILES string of the molecule is COc1ncc(C2(O)CC3CCC(C2)N3C)cn1. The van der Waals surface area contributed by atoms with Crippen molar-refractivity contribution < 1.29 is 9.84 Å². The topological polar surface area (TPSA) is 58.5 Å². The number of rotatable bonds is 2. The molecule has 5 heteroatoms. The van der Waals surface area contributed by atoms with Crippen LogP contribution in [0.25, 0.3) is 0 Å². The first-order chi connectivity index (χ1) is 8.62. The molecule has 2 atom stereocenters. The summed E-state index contributed by atoms with van der Waals surface area (Å²) in [4.78, 5) is 10.6. The molecule has 98 valence electrons. The van der Waals surface area contributed by atoms with E-state index >= 15 is 0 Å². The van der Waals surface area contributed by atoms with Crippen LogP contribution >= 0.6 is 0 Å². The van der Waals surface area contributed by atoms with Crippen LogP contribution < -0.4 is 4.74 Å². The Morgan fingerprint density at radius 3 is 2.33 bits per heavy atom. The Balaban J connectivity index is 1.86. The average Bonchev–Trinajstić information content (AvgIpc) is 2.63. The maximum Gasteiger partial charge on any atom is 0.316 e. The highest BCUT2D eigenvalue weighted by atomic mass is 16.5. The van der Waals surface area contributed by atoms with E-state index in [4.69, 9.17) is 4.74 Å². The molecule has 2 saturated heterocycles. The second-order valence-electron chi connectivity index (χ2n) is 5.45. The van der Waals surface area contributed by atoms with Gasteiger partial charge in [-0.25, -0.2) is 9.97 Å². The summed E-state index contributed by atoms with van der Waals surface area (Å²) in [6.07, 6.45) is 7.29. The van der Waals surface area contributed by atoms with Gasteiger partial charge in [0.05, 0.1) is 12.7 Å². The number of ether oxygens (including phenoxy) is 1. The van der Waals surface area contributed by atoms with Crippen molar-refractivity contribution in [3.05, 3.63) is 18.0 Å². The molecule has 2 aliphatic heterocycles. The van der Waals surface area contributed by atoms with E-state index in [-0.39, 0.29) is 0 Å². The summed E-state index contributed by atoms with van der Waals surface area (Å²) >= 11 is 0. The molecular weight excluding hydrogens is 230 g/mol. The lowest BCUT2D eigenvalue weighted by Gasteiger charge is -2.42. The molecule has 0 aromatic carbocycles. The molecule has 1 N–H and O–H groups in total. The van der Waals surface area contributed by atoms with Gasteiger partial charge in [-0.05, 0) is 32.7 Å². The first-order valence-corrected chi connectivity index (χ1v) is 6.43. The lowest BCUT2D eigenvalue weighted by Crippen LogP contribution is -2.47. The minimum Gasteiger partial charge on any atom is -0.467 e. The standard InChI is InChI=1S/C13H19N3O2/c1-16-10-3-4-11(16)6-13(17,5-10)9-7-14-12(18-2)15-8-9/h7-8,10-11,17H,3-6H2,1-2H3. The van der Waals surface area contributed by atoms with Crippen LogP contribution in [0.4, 0.5) is 0 Å². The van der Waals surface area contributed by atoms with Crippen molar-refractivity contribution in [3.63, 3.8) is 0 Å². The van der Waals surface area contributed by atoms with Gasteiger partial charge in [-0.3, -0.25) is 0 Å². The molecule has 2 fully saturated rings.